The van der Waals surface area contributed by atoms with Crippen LogP contribution in [0.4, 0.5) is 0 Å². The average Bonchev–Trinajstić information content (AvgIpc) is 3.22. The highest BCUT2D eigenvalue weighted by Gasteiger charge is 2.27. The average molecular weight is 498 g/mol. The van der Waals surface area contributed by atoms with E-state index < -0.39 is 10.0 Å². The zero-order chi connectivity index (χ0) is 24.4. The van der Waals surface area contributed by atoms with Gasteiger partial charge in [0, 0.05) is 52.4 Å². The first-order valence-electron chi connectivity index (χ1n) is 12.5. The topological polar surface area (TPSA) is 70.9 Å². The van der Waals surface area contributed by atoms with Gasteiger partial charge in [0.15, 0.2) is 0 Å². The number of hydrogen-bond acceptors (Lipinski definition) is 6. The van der Waals surface area contributed by atoms with E-state index in [4.69, 9.17) is 9.72 Å². The van der Waals surface area contributed by atoms with Crippen molar-refractivity contribution in [3.8, 4) is 0 Å². The smallest absolute Gasteiger partial charge is 0.243 e. The molecular weight excluding hydrogens is 462 g/mol. The summed E-state index contributed by atoms with van der Waals surface area (Å²) in [6.45, 7) is 12.5. The van der Waals surface area contributed by atoms with E-state index >= 15 is 0 Å². The third kappa shape index (κ3) is 5.29. The maximum Gasteiger partial charge on any atom is 0.243 e. The molecule has 0 radical (unpaired) electrons. The maximum absolute atomic E-state index is 13.1. The molecule has 0 bridgehead atoms. The van der Waals surface area contributed by atoms with E-state index in [-0.39, 0.29) is 0 Å². The van der Waals surface area contributed by atoms with Gasteiger partial charge in [-0.3, -0.25) is 9.80 Å². The van der Waals surface area contributed by atoms with E-state index in [0.717, 1.165) is 62.7 Å². The largest absolute Gasteiger partial charge is 0.379 e. The van der Waals surface area contributed by atoms with Gasteiger partial charge in [-0.2, -0.15) is 4.31 Å². The number of ether oxygens (including phenoxy) is 1. The SMILES string of the molecule is CCn1c(CN2CCN(Cc3cccc(C)c3)CC2)nc2cc(S(=O)(=O)N3CCOCC3)ccc21. The Kier molecular flexibility index (Phi) is 7.22. The number of piperazine rings is 1. The summed E-state index contributed by atoms with van der Waals surface area (Å²) in [6.07, 6.45) is 0. The highest BCUT2D eigenvalue weighted by atomic mass is 32.2. The van der Waals surface area contributed by atoms with Crippen molar-refractivity contribution in [1.82, 2.24) is 23.7 Å². The van der Waals surface area contributed by atoms with Gasteiger partial charge in [0.05, 0.1) is 35.7 Å². The zero-order valence-corrected chi connectivity index (χ0v) is 21.5. The number of aryl methyl sites for hydroxylation is 2. The van der Waals surface area contributed by atoms with Gasteiger partial charge >= 0.3 is 0 Å². The number of imidazole rings is 1. The number of hydrogen-bond donors (Lipinski definition) is 0. The van der Waals surface area contributed by atoms with E-state index in [2.05, 4.69) is 52.5 Å². The third-order valence-corrected chi connectivity index (χ3v) is 8.94. The second-order valence-corrected chi connectivity index (χ2v) is 11.4. The minimum absolute atomic E-state index is 0.309. The van der Waals surface area contributed by atoms with E-state index in [1.807, 2.05) is 6.07 Å². The lowest BCUT2D eigenvalue weighted by atomic mass is 10.1. The van der Waals surface area contributed by atoms with Crippen molar-refractivity contribution >= 4 is 21.1 Å². The van der Waals surface area contributed by atoms with Crippen LogP contribution in [0.5, 0.6) is 0 Å². The Morgan fingerprint density at radius 3 is 2.31 bits per heavy atom. The van der Waals surface area contributed by atoms with Gasteiger partial charge in [-0.1, -0.05) is 29.8 Å². The summed E-state index contributed by atoms with van der Waals surface area (Å²) >= 11 is 0. The molecule has 0 spiro atoms. The second kappa shape index (κ2) is 10.4. The molecule has 35 heavy (non-hydrogen) atoms. The summed E-state index contributed by atoms with van der Waals surface area (Å²) in [7, 11) is -3.54. The summed E-state index contributed by atoms with van der Waals surface area (Å²) in [4.78, 5) is 10.2. The summed E-state index contributed by atoms with van der Waals surface area (Å²) in [5.74, 6) is 0.996. The minimum Gasteiger partial charge on any atom is -0.379 e. The number of rotatable bonds is 7. The molecule has 3 heterocycles. The highest BCUT2D eigenvalue weighted by molar-refractivity contribution is 7.89. The fourth-order valence-corrected chi connectivity index (χ4v) is 6.53. The Morgan fingerprint density at radius 2 is 1.63 bits per heavy atom. The van der Waals surface area contributed by atoms with Crippen LogP contribution in [0.3, 0.4) is 0 Å². The van der Waals surface area contributed by atoms with Gasteiger partial charge in [0.2, 0.25) is 10.0 Å². The van der Waals surface area contributed by atoms with E-state index in [0.29, 0.717) is 31.2 Å². The van der Waals surface area contributed by atoms with Gasteiger partial charge in [-0.25, -0.2) is 13.4 Å². The number of morpholine rings is 1. The lowest BCUT2D eigenvalue weighted by molar-refractivity contribution is 0.0730. The van der Waals surface area contributed by atoms with Crippen LogP contribution in [-0.2, 0) is 34.4 Å². The first-order valence-corrected chi connectivity index (χ1v) is 14.0. The first kappa shape index (κ1) is 24.4. The van der Waals surface area contributed by atoms with Crippen molar-refractivity contribution in [2.45, 2.75) is 38.4 Å². The molecule has 3 aromatic rings. The summed E-state index contributed by atoms with van der Waals surface area (Å²) < 4.78 is 35.3. The van der Waals surface area contributed by atoms with Crippen LogP contribution < -0.4 is 0 Å². The molecule has 8 nitrogen and oxygen atoms in total. The van der Waals surface area contributed by atoms with Gasteiger partial charge < -0.3 is 9.30 Å². The Bertz CT molecular complexity index is 1280. The van der Waals surface area contributed by atoms with Crippen LogP contribution in [0, 0.1) is 6.92 Å². The monoisotopic (exact) mass is 497 g/mol. The lowest BCUT2D eigenvalue weighted by Gasteiger charge is -2.34. The molecule has 0 amide bonds. The number of sulfonamides is 1. The number of fused-ring (bicyclic) bond motifs is 1. The molecule has 0 N–H and O–H groups in total. The van der Waals surface area contributed by atoms with Crippen LogP contribution in [0.2, 0.25) is 0 Å². The van der Waals surface area contributed by atoms with Crippen molar-refractivity contribution in [3.05, 3.63) is 59.4 Å². The second-order valence-electron chi connectivity index (χ2n) is 9.48. The number of aromatic nitrogens is 2. The predicted octanol–water partition coefficient (Wildman–Crippen LogP) is 2.70. The van der Waals surface area contributed by atoms with Gasteiger partial charge in [0.1, 0.15) is 5.82 Å². The van der Waals surface area contributed by atoms with Crippen molar-refractivity contribution in [1.29, 1.82) is 0 Å². The summed E-state index contributed by atoms with van der Waals surface area (Å²) in [5.41, 5.74) is 4.41. The van der Waals surface area contributed by atoms with Crippen LogP contribution in [0.15, 0.2) is 47.4 Å². The van der Waals surface area contributed by atoms with Crippen molar-refractivity contribution in [2.24, 2.45) is 0 Å². The first-order chi connectivity index (χ1) is 16.9. The Balaban J connectivity index is 1.28. The quantitative estimate of drug-likeness (QED) is 0.500. The molecule has 0 atom stereocenters. The number of nitrogens with zero attached hydrogens (tertiary/aromatic N) is 5. The molecule has 2 aliphatic heterocycles. The van der Waals surface area contributed by atoms with Crippen LogP contribution in [-0.4, -0.2) is 84.6 Å². The minimum atomic E-state index is -3.54. The highest BCUT2D eigenvalue weighted by Crippen LogP contribution is 2.24. The van der Waals surface area contributed by atoms with E-state index in [9.17, 15) is 8.42 Å². The van der Waals surface area contributed by atoms with Gasteiger partial charge in [-0.05, 0) is 37.6 Å². The predicted molar refractivity (Wildman–Crippen MR) is 137 cm³/mol. The summed E-state index contributed by atoms with van der Waals surface area (Å²) in [6, 6.07) is 14.1. The molecule has 188 valence electrons. The Labute approximate surface area is 208 Å². The van der Waals surface area contributed by atoms with Crippen LogP contribution >= 0.6 is 0 Å². The van der Waals surface area contributed by atoms with Crippen molar-refractivity contribution < 1.29 is 13.2 Å². The molecule has 2 aliphatic rings. The maximum atomic E-state index is 13.1. The standard InChI is InChI=1S/C26H35N5O3S/c1-3-31-25-8-7-23(35(32,33)30-13-15-34-16-14-30)18-24(25)27-26(31)20-29-11-9-28(10-12-29)19-22-6-4-5-21(2)17-22/h4-8,17-18H,3,9-16,19-20H2,1-2H3. The molecule has 1 aromatic heterocycles. The van der Waals surface area contributed by atoms with Crippen molar-refractivity contribution in [2.75, 3.05) is 52.5 Å². The zero-order valence-electron chi connectivity index (χ0n) is 20.7. The molecule has 9 heteroatoms. The van der Waals surface area contributed by atoms with Crippen molar-refractivity contribution in [3.63, 3.8) is 0 Å². The molecule has 2 saturated heterocycles. The fourth-order valence-electron chi connectivity index (χ4n) is 5.10. The van der Waals surface area contributed by atoms with Gasteiger partial charge in [0.25, 0.3) is 0 Å². The number of benzene rings is 2. The molecule has 0 unspecified atom stereocenters. The molecular formula is C26H35N5O3S. The van der Waals surface area contributed by atoms with E-state index in [1.165, 1.54) is 15.4 Å². The van der Waals surface area contributed by atoms with E-state index in [1.54, 1.807) is 12.1 Å². The van der Waals surface area contributed by atoms with Gasteiger partial charge in [-0.15, -0.1) is 0 Å². The van der Waals surface area contributed by atoms with Crippen LogP contribution in [0.25, 0.3) is 11.0 Å². The Morgan fingerprint density at radius 1 is 0.914 bits per heavy atom. The molecule has 0 aliphatic carbocycles. The third-order valence-electron chi connectivity index (χ3n) is 7.04. The fraction of sp³-hybridized carbons (Fsp3) is 0.500. The summed E-state index contributed by atoms with van der Waals surface area (Å²) in [5, 5.41) is 0. The Hall–Kier alpha value is -2.30. The molecule has 5 rings (SSSR count). The molecule has 2 fully saturated rings. The van der Waals surface area contributed by atoms with Crippen LogP contribution in [0.1, 0.15) is 23.9 Å². The molecule has 0 saturated carbocycles. The lowest BCUT2D eigenvalue weighted by Crippen LogP contribution is -2.45. The normalized spacial score (nSPS) is 18.9. The molecule has 2 aromatic carbocycles.